The van der Waals surface area contributed by atoms with E-state index < -0.39 is 23.8 Å². The van der Waals surface area contributed by atoms with Crippen LogP contribution in [0.2, 0.25) is 0 Å². The maximum Gasteiger partial charge on any atom is 0.340 e. The van der Waals surface area contributed by atoms with Gasteiger partial charge in [0, 0.05) is 10.0 Å². The molecular formula is C18H19BrN2O6. The van der Waals surface area contributed by atoms with E-state index in [-0.39, 0.29) is 30.4 Å². The van der Waals surface area contributed by atoms with Crippen LogP contribution in [-0.2, 0) is 19.1 Å². The number of ether oxygens (including phenoxy) is 4. The average molecular weight is 439 g/mol. The molecule has 2 atom stereocenters. The van der Waals surface area contributed by atoms with Gasteiger partial charge in [0.25, 0.3) is 0 Å². The Morgan fingerprint density at radius 3 is 2.56 bits per heavy atom. The van der Waals surface area contributed by atoms with Gasteiger partial charge in [-0.05, 0) is 26.0 Å². The Balaban J connectivity index is 2.75. The maximum atomic E-state index is 12.5. The van der Waals surface area contributed by atoms with Crippen LogP contribution in [0.1, 0.15) is 25.3 Å². The second-order valence-electron chi connectivity index (χ2n) is 5.43. The molecule has 0 aliphatic carbocycles. The summed E-state index contributed by atoms with van der Waals surface area (Å²) in [5, 5.41) is 9.68. The van der Waals surface area contributed by atoms with E-state index in [1.165, 1.54) is 7.11 Å². The lowest BCUT2D eigenvalue weighted by atomic mass is 9.79. The number of esters is 2. The van der Waals surface area contributed by atoms with Gasteiger partial charge in [-0.2, -0.15) is 5.26 Å². The molecule has 144 valence electrons. The first-order chi connectivity index (χ1) is 12.9. The van der Waals surface area contributed by atoms with Gasteiger partial charge in [-0.15, -0.1) is 0 Å². The smallest absolute Gasteiger partial charge is 0.340 e. The van der Waals surface area contributed by atoms with E-state index in [4.69, 9.17) is 24.7 Å². The fraction of sp³-hybridized carbons (Fsp3) is 0.389. The fourth-order valence-electron chi connectivity index (χ4n) is 2.84. The quantitative estimate of drug-likeness (QED) is 0.671. The van der Waals surface area contributed by atoms with E-state index in [9.17, 15) is 14.9 Å². The van der Waals surface area contributed by atoms with Crippen LogP contribution in [-0.4, -0.2) is 32.3 Å². The average Bonchev–Trinajstić information content (AvgIpc) is 2.62. The molecule has 8 nitrogen and oxygen atoms in total. The highest BCUT2D eigenvalue weighted by Crippen LogP contribution is 2.50. The van der Waals surface area contributed by atoms with Crippen LogP contribution in [0.4, 0.5) is 0 Å². The summed E-state index contributed by atoms with van der Waals surface area (Å²) in [4.78, 5) is 25.0. The third-order valence-corrected chi connectivity index (χ3v) is 4.63. The number of hydrogen-bond donors (Lipinski definition) is 1. The summed E-state index contributed by atoms with van der Waals surface area (Å²) in [6, 6.07) is 5.22. The number of halogens is 1. The van der Waals surface area contributed by atoms with Crippen molar-refractivity contribution in [3.05, 3.63) is 33.6 Å². The van der Waals surface area contributed by atoms with Gasteiger partial charge in [-0.25, -0.2) is 4.79 Å². The lowest BCUT2D eigenvalue weighted by molar-refractivity contribution is -0.146. The minimum atomic E-state index is -1.34. The molecule has 0 bridgehead atoms. The zero-order valence-corrected chi connectivity index (χ0v) is 16.7. The van der Waals surface area contributed by atoms with Gasteiger partial charge in [0.2, 0.25) is 5.88 Å². The zero-order chi connectivity index (χ0) is 20.1. The Kier molecular flexibility index (Phi) is 6.69. The number of carbonyl (C=O) groups excluding carboxylic acids is 2. The minimum absolute atomic E-state index is 0.0836. The molecule has 0 saturated carbocycles. The number of fused-ring (bicyclic) bond motifs is 1. The number of nitrogens with two attached hydrogens (primary N) is 1. The zero-order valence-electron chi connectivity index (χ0n) is 15.1. The summed E-state index contributed by atoms with van der Waals surface area (Å²) in [5.41, 5.74) is 6.25. The van der Waals surface area contributed by atoms with Crippen LogP contribution < -0.4 is 15.2 Å². The predicted molar refractivity (Wildman–Crippen MR) is 97.6 cm³/mol. The number of rotatable bonds is 6. The summed E-state index contributed by atoms with van der Waals surface area (Å²) >= 11 is 3.39. The normalized spacial score (nSPS) is 16.5. The third kappa shape index (κ3) is 3.85. The topological polar surface area (TPSA) is 121 Å². The summed E-state index contributed by atoms with van der Waals surface area (Å²) in [6.07, 6.45) is 0. The van der Waals surface area contributed by atoms with Crippen LogP contribution in [0.5, 0.6) is 11.5 Å². The molecule has 1 aliphatic heterocycles. The molecule has 9 heteroatoms. The van der Waals surface area contributed by atoms with E-state index in [0.717, 1.165) is 0 Å². The van der Waals surface area contributed by atoms with Gasteiger partial charge < -0.3 is 24.7 Å². The second kappa shape index (κ2) is 8.77. The first-order valence-corrected chi connectivity index (χ1v) is 8.97. The van der Waals surface area contributed by atoms with Crippen molar-refractivity contribution in [1.29, 1.82) is 5.26 Å². The van der Waals surface area contributed by atoms with Crippen LogP contribution in [0.25, 0.3) is 0 Å². The monoisotopic (exact) mass is 438 g/mol. The Hall–Kier alpha value is -2.73. The molecule has 0 saturated heterocycles. The molecule has 2 rings (SSSR count). The van der Waals surface area contributed by atoms with Crippen molar-refractivity contribution in [2.24, 2.45) is 11.7 Å². The lowest BCUT2D eigenvalue weighted by Crippen LogP contribution is -2.34. The van der Waals surface area contributed by atoms with E-state index in [1.807, 2.05) is 6.07 Å². The molecule has 2 N–H and O–H groups in total. The van der Waals surface area contributed by atoms with Crippen LogP contribution >= 0.6 is 15.9 Å². The van der Waals surface area contributed by atoms with E-state index >= 15 is 0 Å². The molecular weight excluding hydrogens is 420 g/mol. The van der Waals surface area contributed by atoms with Crippen molar-refractivity contribution < 1.29 is 28.5 Å². The highest BCUT2D eigenvalue weighted by Gasteiger charge is 2.45. The summed E-state index contributed by atoms with van der Waals surface area (Å²) in [5.74, 6) is -3.65. The van der Waals surface area contributed by atoms with Crippen molar-refractivity contribution >= 4 is 27.9 Å². The molecule has 1 aromatic carbocycles. The van der Waals surface area contributed by atoms with Gasteiger partial charge in [-0.1, -0.05) is 15.9 Å². The number of nitriles is 1. The molecule has 0 aromatic heterocycles. The first-order valence-electron chi connectivity index (χ1n) is 8.18. The highest BCUT2D eigenvalue weighted by atomic mass is 79.9. The predicted octanol–water partition coefficient (Wildman–Crippen LogP) is 2.37. The maximum absolute atomic E-state index is 12.5. The number of methoxy groups -OCH3 is 1. The van der Waals surface area contributed by atoms with Crippen molar-refractivity contribution in [3.63, 3.8) is 0 Å². The standard InChI is InChI=1S/C18H19BrN2O6/c1-4-25-17(22)9(8-20)12-13-10(19)6-7-11(24-3)15(13)27-16(21)14(12)18(23)26-5-2/h6-7,9,12H,4-5,21H2,1-3H3. The third-order valence-electron chi connectivity index (χ3n) is 3.93. The summed E-state index contributed by atoms with van der Waals surface area (Å²) in [7, 11) is 1.44. The molecule has 27 heavy (non-hydrogen) atoms. The molecule has 1 aromatic rings. The molecule has 2 unspecified atom stereocenters. The van der Waals surface area contributed by atoms with Crippen LogP contribution in [0.3, 0.4) is 0 Å². The Bertz CT molecular complexity index is 830. The summed E-state index contributed by atoms with van der Waals surface area (Å²) < 4.78 is 21.5. The largest absolute Gasteiger partial charge is 0.493 e. The molecule has 0 amide bonds. The van der Waals surface area contributed by atoms with E-state index in [1.54, 1.807) is 26.0 Å². The molecule has 0 fully saturated rings. The van der Waals surface area contributed by atoms with E-state index in [0.29, 0.717) is 15.8 Å². The number of hydrogen-bond acceptors (Lipinski definition) is 8. The van der Waals surface area contributed by atoms with Gasteiger partial charge in [-0.3, -0.25) is 4.79 Å². The van der Waals surface area contributed by atoms with Gasteiger partial charge in [0.15, 0.2) is 17.4 Å². The van der Waals surface area contributed by atoms with Crippen molar-refractivity contribution in [2.75, 3.05) is 20.3 Å². The van der Waals surface area contributed by atoms with Crippen LogP contribution in [0.15, 0.2) is 28.1 Å². The number of nitrogens with zero attached hydrogens (tertiary/aromatic N) is 1. The molecule has 1 aliphatic rings. The van der Waals surface area contributed by atoms with Gasteiger partial charge >= 0.3 is 11.9 Å². The lowest BCUT2D eigenvalue weighted by Gasteiger charge is -2.31. The van der Waals surface area contributed by atoms with Gasteiger partial charge in [0.1, 0.15) is 5.57 Å². The van der Waals surface area contributed by atoms with Gasteiger partial charge in [0.05, 0.1) is 32.3 Å². The van der Waals surface area contributed by atoms with Crippen molar-refractivity contribution in [1.82, 2.24) is 0 Å². The number of benzene rings is 1. The molecule has 0 radical (unpaired) electrons. The Morgan fingerprint density at radius 1 is 1.33 bits per heavy atom. The molecule has 1 heterocycles. The Morgan fingerprint density at radius 2 is 2.00 bits per heavy atom. The SMILES string of the molecule is CCOC(=O)C1=C(N)Oc2c(OC)ccc(Br)c2C1C(C#N)C(=O)OCC. The summed E-state index contributed by atoms with van der Waals surface area (Å²) in [6.45, 7) is 3.43. The van der Waals surface area contributed by atoms with Crippen molar-refractivity contribution in [2.45, 2.75) is 19.8 Å². The molecule has 0 spiro atoms. The number of carbonyl (C=O) groups is 2. The second-order valence-corrected chi connectivity index (χ2v) is 6.28. The highest BCUT2D eigenvalue weighted by molar-refractivity contribution is 9.10. The van der Waals surface area contributed by atoms with Crippen molar-refractivity contribution in [3.8, 4) is 17.6 Å². The first kappa shape index (κ1) is 20.6. The fourth-order valence-corrected chi connectivity index (χ4v) is 3.40. The van der Waals surface area contributed by atoms with E-state index in [2.05, 4.69) is 15.9 Å². The minimum Gasteiger partial charge on any atom is -0.493 e. The van der Waals surface area contributed by atoms with Crippen LogP contribution in [0, 0.1) is 17.2 Å². The Labute approximate surface area is 164 Å².